The number of β-amino-alcohol motifs (C(OH)–C–C–N with tert-alkyl or cyclic N) is 1. The maximum atomic E-state index is 15.3. The van der Waals surface area contributed by atoms with E-state index in [2.05, 4.69) is 19.9 Å². The predicted molar refractivity (Wildman–Crippen MR) is 147 cm³/mol. The van der Waals surface area contributed by atoms with Gasteiger partial charge in [-0.3, -0.25) is 9.91 Å². The van der Waals surface area contributed by atoms with E-state index in [0.717, 1.165) is 24.9 Å². The molecule has 0 spiro atoms. The second-order valence-electron chi connectivity index (χ2n) is 11.3. The van der Waals surface area contributed by atoms with Gasteiger partial charge in [0.2, 0.25) is 0 Å². The average molecular weight is 589 g/mol. The third-order valence-electron chi connectivity index (χ3n) is 8.14. The molecular formula is C28H31ClF2N6O4. The van der Waals surface area contributed by atoms with Gasteiger partial charge < -0.3 is 14.6 Å². The monoisotopic (exact) mass is 588 g/mol. The summed E-state index contributed by atoms with van der Waals surface area (Å²) in [4.78, 5) is 28.3. The Bertz CT molecular complexity index is 1450. The lowest BCUT2D eigenvalue weighted by molar-refractivity contribution is -0.0178. The fourth-order valence-corrected chi connectivity index (χ4v) is 6.18. The molecule has 3 atom stereocenters. The fraction of sp³-hybridized carbons (Fsp3) is 0.500. The lowest BCUT2D eigenvalue weighted by atomic mass is 9.95. The highest BCUT2D eigenvalue weighted by Gasteiger charge is 2.49. The smallest absolute Gasteiger partial charge is 0.429 e. The number of aromatic nitrogens is 3. The van der Waals surface area contributed by atoms with Crippen molar-refractivity contribution in [1.82, 2.24) is 24.9 Å². The Balaban J connectivity index is 1.34. The molecule has 3 saturated heterocycles. The summed E-state index contributed by atoms with van der Waals surface area (Å²) >= 11 is 6.00. The molecule has 10 nitrogen and oxygen atoms in total. The number of aliphatic hydroxyl groups is 1. The maximum absolute atomic E-state index is 15.3. The summed E-state index contributed by atoms with van der Waals surface area (Å²) in [5.74, 6) is -0.707. The van der Waals surface area contributed by atoms with Crippen LogP contribution in [0.1, 0.15) is 38.2 Å². The molecule has 0 aliphatic carbocycles. The number of hydrogen-bond donors (Lipinski definition) is 1. The van der Waals surface area contributed by atoms with Crippen LogP contribution < -0.4 is 9.75 Å². The first kappa shape index (κ1) is 27.8. The van der Waals surface area contributed by atoms with Crippen LogP contribution in [0.25, 0.3) is 10.9 Å². The van der Waals surface area contributed by atoms with Gasteiger partial charge in [-0.2, -0.15) is 9.97 Å². The van der Waals surface area contributed by atoms with Crippen LogP contribution in [0.2, 0.25) is 5.15 Å². The zero-order valence-electron chi connectivity index (χ0n) is 22.6. The molecule has 0 bridgehead atoms. The largest absolute Gasteiger partial charge is 0.461 e. The molecular weight excluding hydrogens is 558 g/mol. The van der Waals surface area contributed by atoms with Crippen molar-refractivity contribution in [3.05, 3.63) is 53.1 Å². The molecule has 2 aromatic heterocycles. The number of benzene rings is 1. The quantitative estimate of drug-likeness (QED) is 0.422. The van der Waals surface area contributed by atoms with Gasteiger partial charge in [0.25, 0.3) is 0 Å². The number of anilines is 1. The van der Waals surface area contributed by atoms with Crippen molar-refractivity contribution in [2.24, 2.45) is 0 Å². The average Bonchev–Trinajstić information content (AvgIpc) is 3.48. The molecule has 3 fully saturated rings. The van der Waals surface area contributed by atoms with Crippen LogP contribution in [-0.4, -0.2) is 86.2 Å². The van der Waals surface area contributed by atoms with Crippen LogP contribution in [0.3, 0.4) is 0 Å². The molecule has 218 valence electrons. The lowest BCUT2D eigenvalue weighted by Crippen LogP contribution is -2.59. The first-order chi connectivity index (χ1) is 19.6. The minimum atomic E-state index is -1.20. The normalized spacial score (nSPS) is 26.4. The Kier molecular flexibility index (Phi) is 7.33. The summed E-state index contributed by atoms with van der Waals surface area (Å²) in [6, 6.07) is 9.07. The van der Waals surface area contributed by atoms with Crippen LogP contribution in [0.15, 0.2) is 36.5 Å². The van der Waals surface area contributed by atoms with Crippen molar-refractivity contribution in [1.29, 1.82) is 0 Å². The highest BCUT2D eigenvalue weighted by molar-refractivity contribution is 6.30. The van der Waals surface area contributed by atoms with Crippen LogP contribution in [0.4, 0.5) is 19.4 Å². The SMILES string of the molecule is CC1(O)CCN(c2nc(OC[C@@]34CCCN3C[C@H](F)C4)nc3c(F)c(Cl)ncc23)N(C(=O)OCc2ccccc2)C1. The van der Waals surface area contributed by atoms with Gasteiger partial charge in [0, 0.05) is 25.7 Å². The fourth-order valence-electron chi connectivity index (χ4n) is 6.04. The summed E-state index contributed by atoms with van der Waals surface area (Å²) in [6.45, 7) is 2.99. The highest BCUT2D eigenvalue weighted by Crippen LogP contribution is 2.41. The van der Waals surface area contributed by atoms with Gasteiger partial charge in [-0.15, -0.1) is 0 Å². The molecule has 3 aliphatic heterocycles. The Morgan fingerprint density at radius 2 is 2.02 bits per heavy atom. The Morgan fingerprint density at radius 1 is 1.22 bits per heavy atom. The van der Waals surface area contributed by atoms with E-state index in [1.165, 1.54) is 16.2 Å². The van der Waals surface area contributed by atoms with Gasteiger partial charge in [-0.25, -0.2) is 23.6 Å². The molecule has 1 amide bonds. The van der Waals surface area contributed by atoms with Crippen molar-refractivity contribution in [3.8, 4) is 6.01 Å². The number of alkyl halides is 1. The van der Waals surface area contributed by atoms with Crippen LogP contribution >= 0.6 is 11.6 Å². The van der Waals surface area contributed by atoms with Crippen molar-refractivity contribution < 1.29 is 28.2 Å². The number of rotatable bonds is 6. The summed E-state index contributed by atoms with van der Waals surface area (Å²) in [5, 5.41) is 13.4. The van der Waals surface area contributed by atoms with E-state index >= 15 is 4.39 Å². The van der Waals surface area contributed by atoms with Crippen molar-refractivity contribution >= 4 is 34.4 Å². The third-order valence-corrected chi connectivity index (χ3v) is 8.40. The molecule has 3 aliphatic rings. The number of nitrogens with zero attached hydrogens (tertiary/aromatic N) is 6. The zero-order valence-corrected chi connectivity index (χ0v) is 23.4. The Hall–Kier alpha value is -3.35. The standard InChI is InChI=1S/C28H31ClF2N6O4/c1-27(39)9-11-36(37(16-27)26(38)40-15-18-6-3-2-4-7-18)24-20-13-32-23(29)21(31)22(20)33-25(34-24)41-17-28-8-5-10-35(28)14-19(30)12-28/h2-4,6-7,13,19,39H,5,8-12,14-17H2,1H3/t19-,27?,28+/m1/s1. The first-order valence-corrected chi connectivity index (χ1v) is 14.0. The molecule has 13 heteroatoms. The molecule has 0 saturated carbocycles. The number of carbonyl (C=O) groups excluding carboxylic acids is 1. The van der Waals surface area contributed by atoms with E-state index in [0.29, 0.717) is 13.0 Å². The van der Waals surface area contributed by atoms with Crippen molar-refractivity contribution in [3.63, 3.8) is 0 Å². The summed E-state index contributed by atoms with van der Waals surface area (Å²) in [5.41, 5.74) is -1.00. The van der Waals surface area contributed by atoms with Gasteiger partial charge in [-0.05, 0) is 38.3 Å². The maximum Gasteiger partial charge on any atom is 0.429 e. The zero-order chi connectivity index (χ0) is 28.8. The second kappa shape index (κ2) is 10.8. The van der Waals surface area contributed by atoms with E-state index in [1.807, 2.05) is 30.3 Å². The minimum Gasteiger partial charge on any atom is -0.461 e. The van der Waals surface area contributed by atoms with Gasteiger partial charge in [-0.1, -0.05) is 41.9 Å². The van der Waals surface area contributed by atoms with Crippen LogP contribution in [0.5, 0.6) is 6.01 Å². The number of amides is 1. The number of hydrazine groups is 1. The van der Waals surface area contributed by atoms with Gasteiger partial charge in [0.05, 0.1) is 23.1 Å². The van der Waals surface area contributed by atoms with E-state index in [9.17, 15) is 14.3 Å². The first-order valence-electron chi connectivity index (χ1n) is 13.7. The van der Waals surface area contributed by atoms with Crippen LogP contribution in [0, 0.1) is 5.82 Å². The minimum absolute atomic E-state index is 0.0188. The number of fused-ring (bicyclic) bond motifs is 2. The molecule has 6 rings (SSSR count). The van der Waals surface area contributed by atoms with Gasteiger partial charge >= 0.3 is 12.1 Å². The number of ether oxygens (including phenoxy) is 2. The second-order valence-corrected chi connectivity index (χ2v) is 11.6. The Labute approximate surface area is 240 Å². The number of halogens is 3. The molecule has 5 heterocycles. The molecule has 41 heavy (non-hydrogen) atoms. The molecule has 1 N–H and O–H groups in total. The molecule has 0 radical (unpaired) electrons. The lowest BCUT2D eigenvalue weighted by Gasteiger charge is -2.44. The predicted octanol–water partition coefficient (Wildman–Crippen LogP) is 4.29. The number of pyridine rings is 1. The Morgan fingerprint density at radius 3 is 2.83 bits per heavy atom. The summed E-state index contributed by atoms with van der Waals surface area (Å²) in [7, 11) is 0. The summed E-state index contributed by atoms with van der Waals surface area (Å²) in [6.07, 6.45) is 2.03. The summed E-state index contributed by atoms with van der Waals surface area (Å²) < 4.78 is 41.2. The van der Waals surface area contributed by atoms with Gasteiger partial charge in [0.15, 0.2) is 16.8 Å². The topological polar surface area (TPSA) is 104 Å². The molecule has 1 unspecified atom stereocenters. The van der Waals surface area contributed by atoms with E-state index < -0.39 is 29.2 Å². The van der Waals surface area contributed by atoms with Crippen LogP contribution in [-0.2, 0) is 11.3 Å². The molecule has 1 aromatic carbocycles. The highest BCUT2D eigenvalue weighted by atomic mass is 35.5. The third kappa shape index (κ3) is 5.47. The van der Waals surface area contributed by atoms with E-state index in [1.54, 1.807) is 6.92 Å². The van der Waals surface area contributed by atoms with Crippen molar-refractivity contribution in [2.45, 2.75) is 56.5 Å². The van der Waals surface area contributed by atoms with Crippen molar-refractivity contribution in [2.75, 3.05) is 37.8 Å². The van der Waals surface area contributed by atoms with E-state index in [4.69, 9.17) is 21.1 Å². The molecule has 3 aromatic rings. The van der Waals surface area contributed by atoms with Gasteiger partial charge in [0.1, 0.15) is 24.9 Å². The van der Waals surface area contributed by atoms with E-state index in [-0.39, 0.29) is 60.6 Å². The number of carbonyl (C=O) groups is 1. The number of hydrogen-bond acceptors (Lipinski definition) is 9.